The van der Waals surface area contributed by atoms with E-state index in [-0.39, 0.29) is 31.4 Å². The van der Waals surface area contributed by atoms with Crippen molar-refractivity contribution in [2.24, 2.45) is 34.0 Å². The molecule has 6 nitrogen and oxygen atoms in total. The predicted octanol–water partition coefficient (Wildman–Crippen LogP) is 4.45. The molecule has 5 aliphatic rings. The number of hydrogen-bond donors (Lipinski definition) is 1. The SMILES string of the molecule is CC1C[C@H]2[C@@H]3CC(F)C4=CC(=O)C=C[C@]4(C)C3(F)C(O)C[C@]2(C)C1(OC(=O)[C@]1(C)CCOC1)C(=O)SCF. The first kappa shape index (κ1) is 27.9. The molecule has 1 saturated heterocycles. The molecular formula is C28H35F3O6S. The predicted molar refractivity (Wildman–Crippen MR) is 134 cm³/mol. The standard InChI is InChI=1S/C28H35F3O6S/c1-15-9-17-18-11-20(30)19-10-16(32)5-6-25(19,3)27(18,31)21(33)12-26(17,4)28(15,23(35)38-14-29)37-22(34)24(2)7-8-36-13-24/h5-6,10,15,17-18,20-21,33H,7-9,11-14H2,1-4H3/t15?,17-,18-,20?,21?,24+,25-,26-,27?,28?/m0/s1. The second-order valence-electron chi connectivity index (χ2n) is 12.5. The molecule has 210 valence electrons. The molecule has 3 saturated carbocycles. The number of ketones is 1. The molecule has 4 aliphatic carbocycles. The lowest BCUT2D eigenvalue weighted by Crippen LogP contribution is -2.71. The Bertz CT molecular complexity index is 1120. The molecule has 38 heavy (non-hydrogen) atoms. The van der Waals surface area contributed by atoms with Crippen molar-refractivity contribution in [3.05, 3.63) is 23.8 Å². The quantitative estimate of drug-likeness (QED) is 0.512. The maximum atomic E-state index is 17.4. The minimum atomic E-state index is -2.33. The van der Waals surface area contributed by atoms with Gasteiger partial charge in [0.1, 0.15) is 12.2 Å². The summed E-state index contributed by atoms with van der Waals surface area (Å²) in [4.78, 5) is 39.3. The van der Waals surface area contributed by atoms with Gasteiger partial charge in [-0.2, -0.15) is 0 Å². The fraction of sp³-hybridized carbons (Fsp3) is 0.750. The summed E-state index contributed by atoms with van der Waals surface area (Å²) in [6, 6.07) is -1.04. The first-order valence-electron chi connectivity index (χ1n) is 13.2. The largest absolute Gasteiger partial charge is 0.449 e. The number of carbonyl (C=O) groups is 3. The van der Waals surface area contributed by atoms with Gasteiger partial charge < -0.3 is 14.6 Å². The molecule has 0 bridgehead atoms. The van der Waals surface area contributed by atoms with Crippen LogP contribution in [0, 0.1) is 34.0 Å². The molecule has 0 aromatic heterocycles. The lowest BCUT2D eigenvalue weighted by Gasteiger charge is -2.63. The molecule has 1 aliphatic heterocycles. The molecule has 0 spiro atoms. The summed E-state index contributed by atoms with van der Waals surface area (Å²) in [5.74, 6) is -3.42. The Labute approximate surface area is 224 Å². The van der Waals surface area contributed by atoms with Crippen LogP contribution in [0.15, 0.2) is 23.8 Å². The molecule has 0 aromatic carbocycles. The van der Waals surface area contributed by atoms with E-state index >= 15 is 8.78 Å². The van der Waals surface area contributed by atoms with Crippen molar-refractivity contribution >= 4 is 28.6 Å². The molecule has 10 heteroatoms. The van der Waals surface area contributed by atoms with Crippen molar-refractivity contribution in [3.63, 3.8) is 0 Å². The highest BCUT2D eigenvalue weighted by Gasteiger charge is 2.78. The third-order valence-corrected chi connectivity index (χ3v) is 11.3. The molecule has 0 radical (unpaired) electrons. The number of thioether (sulfide) groups is 1. The Balaban J connectivity index is 1.62. The third kappa shape index (κ3) is 3.38. The highest BCUT2D eigenvalue weighted by atomic mass is 32.2. The minimum absolute atomic E-state index is 0.00774. The lowest BCUT2D eigenvalue weighted by molar-refractivity contribution is -0.231. The molecule has 5 rings (SSSR count). The normalized spacial score (nSPS) is 49.6. The number of ether oxygens (including phenoxy) is 2. The zero-order valence-electron chi connectivity index (χ0n) is 22.1. The molecule has 1 N–H and O–H groups in total. The number of halogens is 3. The summed E-state index contributed by atoms with van der Waals surface area (Å²) >= 11 is 0.395. The van der Waals surface area contributed by atoms with Crippen LogP contribution >= 0.6 is 11.8 Å². The van der Waals surface area contributed by atoms with Gasteiger partial charge in [-0.3, -0.25) is 14.4 Å². The Morgan fingerprint density at radius 1 is 1.24 bits per heavy atom. The highest BCUT2D eigenvalue weighted by Crippen LogP contribution is 2.72. The second-order valence-corrected chi connectivity index (χ2v) is 13.4. The number of allylic oxidation sites excluding steroid dienone is 4. The number of alkyl halides is 3. The fourth-order valence-corrected chi connectivity index (χ4v) is 9.26. The molecule has 0 aromatic rings. The van der Waals surface area contributed by atoms with Crippen LogP contribution in [0.25, 0.3) is 0 Å². The van der Waals surface area contributed by atoms with E-state index in [4.69, 9.17) is 9.47 Å². The number of aliphatic hydroxyl groups excluding tert-OH is 1. The third-order valence-electron chi connectivity index (χ3n) is 10.6. The van der Waals surface area contributed by atoms with E-state index in [9.17, 15) is 23.9 Å². The smallest absolute Gasteiger partial charge is 0.315 e. The Hall–Kier alpha value is -1.65. The number of esters is 1. The molecule has 4 fully saturated rings. The van der Waals surface area contributed by atoms with Gasteiger partial charge in [0, 0.05) is 29.3 Å². The number of carbonyl (C=O) groups excluding carboxylic acids is 3. The first-order valence-corrected chi connectivity index (χ1v) is 14.2. The van der Waals surface area contributed by atoms with Crippen LogP contribution in [0.2, 0.25) is 0 Å². The molecule has 0 amide bonds. The second kappa shape index (κ2) is 8.93. The minimum Gasteiger partial charge on any atom is -0.449 e. The lowest BCUT2D eigenvalue weighted by atomic mass is 9.44. The van der Waals surface area contributed by atoms with Crippen molar-refractivity contribution in [1.29, 1.82) is 0 Å². The van der Waals surface area contributed by atoms with E-state index < -0.39 is 80.4 Å². The molecule has 1 heterocycles. The van der Waals surface area contributed by atoms with Crippen LogP contribution in [0.1, 0.15) is 53.4 Å². The van der Waals surface area contributed by atoms with Gasteiger partial charge in [0.05, 0.1) is 18.1 Å². The summed E-state index contributed by atoms with van der Waals surface area (Å²) in [6.45, 7) is 7.06. The zero-order valence-corrected chi connectivity index (χ0v) is 22.9. The summed E-state index contributed by atoms with van der Waals surface area (Å²) < 4.78 is 58.3. The van der Waals surface area contributed by atoms with Crippen molar-refractivity contribution in [1.82, 2.24) is 0 Å². The van der Waals surface area contributed by atoms with Gasteiger partial charge in [-0.25, -0.2) is 13.2 Å². The number of rotatable bonds is 4. The summed E-state index contributed by atoms with van der Waals surface area (Å²) in [5.41, 5.74) is -8.02. The highest BCUT2D eigenvalue weighted by molar-refractivity contribution is 8.13. The van der Waals surface area contributed by atoms with Gasteiger partial charge >= 0.3 is 5.97 Å². The summed E-state index contributed by atoms with van der Waals surface area (Å²) in [7, 11) is 0. The summed E-state index contributed by atoms with van der Waals surface area (Å²) in [6.07, 6.45) is 0.462. The van der Waals surface area contributed by atoms with Gasteiger partial charge in [-0.1, -0.05) is 19.9 Å². The molecule has 5 unspecified atom stereocenters. The Morgan fingerprint density at radius 2 is 1.95 bits per heavy atom. The van der Waals surface area contributed by atoms with Gasteiger partial charge in [0.15, 0.2) is 17.1 Å². The average molecular weight is 557 g/mol. The maximum absolute atomic E-state index is 17.4. The van der Waals surface area contributed by atoms with Crippen LogP contribution in [-0.4, -0.2) is 64.7 Å². The monoisotopic (exact) mass is 556 g/mol. The van der Waals surface area contributed by atoms with Crippen molar-refractivity contribution < 1.29 is 42.1 Å². The van der Waals surface area contributed by atoms with Gasteiger partial charge in [0.2, 0.25) is 5.12 Å². The van der Waals surface area contributed by atoms with Crippen LogP contribution in [0.3, 0.4) is 0 Å². The number of fused-ring (bicyclic) bond motifs is 5. The van der Waals surface area contributed by atoms with Crippen LogP contribution < -0.4 is 0 Å². The van der Waals surface area contributed by atoms with E-state index in [2.05, 4.69) is 0 Å². The molecule has 10 atom stereocenters. The van der Waals surface area contributed by atoms with Gasteiger partial charge in [0.25, 0.3) is 0 Å². The van der Waals surface area contributed by atoms with Gasteiger partial charge in [-0.15, -0.1) is 0 Å². The van der Waals surface area contributed by atoms with Crippen molar-refractivity contribution in [3.8, 4) is 0 Å². The number of aliphatic hydroxyl groups is 1. The topological polar surface area (TPSA) is 89.9 Å². The van der Waals surface area contributed by atoms with E-state index in [1.165, 1.54) is 19.1 Å². The van der Waals surface area contributed by atoms with E-state index in [1.807, 2.05) is 0 Å². The maximum Gasteiger partial charge on any atom is 0.315 e. The average Bonchev–Trinajstić information content (AvgIpc) is 3.39. The van der Waals surface area contributed by atoms with E-state index in [0.717, 1.165) is 6.08 Å². The fourth-order valence-electron chi connectivity index (χ4n) is 8.47. The van der Waals surface area contributed by atoms with Crippen molar-refractivity contribution in [2.45, 2.75) is 76.9 Å². The van der Waals surface area contributed by atoms with Crippen LogP contribution in [0.4, 0.5) is 13.2 Å². The first-order chi connectivity index (χ1) is 17.7. The van der Waals surface area contributed by atoms with Gasteiger partial charge in [-0.05, 0) is 74.9 Å². The molecular weight excluding hydrogens is 521 g/mol. The van der Waals surface area contributed by atoms with Crippen LogP contribution in [-0.2, 0) is 23.9 Å². The van der Waals surface area contributed by atoms with E-state index in [0.29, 0.717) is 24.8 Å². The van der Waals surface area contributed by atoms with Crippen molar-refractivity contribution in [2.75, 3.05) is 19.2 Å². The Kier molecular flexibility index (Phi) is 6.56. The Morgan fingerprint density at radius 3 is 2.58 bits per heavy atom. The van der Waals surface area contributed by atoms with E-state index in [1.54, 1.807) is 20.8 Å². The zero-order chi connectivity index (χ0) is 27.9. The number of hydrogen-bond acceptors (Lipinski definition) is 7. The van der Waals surface area contributed by atoms with Crippen LogP contribution in [0.5, 0.6) is 0 Å². The summed E-state index contributed by atoms with van der Waals surface area (Å²) in [5, 5.41) is 10.9.